The Labute approximate surface area is 140 Å². The smallest absolute Gasteiger partial charge is 0.135 e. The second kappa shape index (κ2) is 14.3. The zero-order valence-corrected chi connectivity index (χ0v) is 16.0. The minimum Gasteiger partial charge on any atom is -0.299 e. The summed E-state index contributed by atoms with van der Waals surface area (Å²) in [7, 11) is 0. The highest BCUT2D eigenvalue weighted by atomic mass is 16.1. The topological polar surface area (TPSA) is 17.1 Å². The maximum atomic E-state index is 11.6. The van der Waals surface area contributed by atoms with Gasteiger partial charge in [-0.25, -0.2) is 0 Å². The average molecular weight is 311 g/mol. The Kier molecular flexibility index (Phi) is 14.1. The largest absolute Gasteiger partial charge is 0.299 e. The van der Waals surface area contributed by atoms with Crippen molar-refractivity contribution in [2.45, 2.75) is 124 Å². The number of rotatable bonds is 16. The lowest BCUT2D eigenvalue weighted by Crippen LogP contribution is -2.24. The molecule has 22 heavy (non-hydrogen) atoms. The summed E-state index contributed by atoms with van der Waals surface area (Å²) < 4.78 is 0. The third-order valence-electron chi connectivity index (χ3n) is 5.46. The van der Waals surface area contributed by atoms with Crippen molar-refractivity contribution in [3.8, 4) is 0 Å². The number of carbonyl (C=O) groups excluding carboxylic acids is 1. The van der Waals surface area contributed by atoms with E-state index in [4.69, 9.17) is 0 Å². The van der Waals surface area contributed by atoms with E-state index in [1.807, 2.05) is 0 Å². The van der Waals surface area contributed by atoms with Crippen LogP contribution in [-0.4, -0.2) is 5.78 Å². The van der Waals surface area contributed by atoms with Gasteiger partial charge in [-0.2, -0.15) is 0 Å². The van der Waals surface area contributed by atoms with E-state index < -0.39 is 0 Å². The molecule has 1 atom stereocenters. The van der Waals surface area contributed by atoms with Crippen molar-refractivity contribution >= 4 is 5.78 Å². The Hall–Kier alpha value is -0.330. The second-order valence-electron chi connectivity index (χ2n) is 7.46. The first kappa shape index (κ1) is 21.7. The first-order chi connectivity index (χ1) is 10.6. The molecule has 0 amide bonds. The maximum absolute atomic E-state index is 11.6. The van der Waals surface area contributed by atoms with Crippen molar-refractivity contribution < 1.29 is 4.79 Å². The van der Waals surface area contributed by atoms with E-state index in [1.54, 1.807) is 6.92 Å². The SMILES string of the molecule is CCCCCCCCCCCCCCCC(C)(CC)C(C)=O. The first-order valence-electron chi connectivity index (χ1n) is 10.1. The molecule has 1 heteroatoms. The highest BCUT2D eigenvalue weighted by Crippen LogP contribution is 2.29. The zero-order valence-electron chi connectivity index (χ0n) is 16.0. The fraction of sp³-hybridized carbons (Fsp3) is 0.952. The fourth-order valence-corrected chi connectivity index (χ4v) is 3.13. The molecule has 0 fully saturated rings. The van der Waals surface area contributed by atoms with Crippen LogP contribution in [0.1, 0.15) is 124 Å². The van der Waals surface area contributed by atoms with Gasteiger partial charge in [0.15, 0.2) is 0 Å². The molecule has 0 aliphatic rings. The Bertz CT molecular complexity index is 259. The van der Waals surface area contributed by atoms with Crippen molar-refractivity contribution in [3.05, 3.63) is 0 Å². The van der Waals surface area contributed by atoms with Crippen LogP contribution in [0.25, 0.3) is 0 Å². The molecule has 1 nitrogen and oxygen atoms in total. The minimum atomic E-state index is -0.0578. The van der Waals surface area contributed by atoms with Crippen LogP contribution in [0.3, 0.4) is 0 Å². The molecule has 0 saturated carbocycles. The van der Waals surface area contributed by atoms with Crippen LogP contribution in [-0.2, 0) is 4.79 Å². The van der Waals surface area contributed by atoms with Gasteiger partial charge in [0.05, 0.1) is 0 Å². The lowest BCUT2D eigenvalue weighted by molar-refractivity contribution is -0.126. The molecule has 0 aliphatic heterocycles. The van der Waals surface area contributed by atoms with Crippen molar-refractivity contribution in [1.82, 2.24) is 0 Å². The molecule has 0 rings (SSSR count). The highest BCUT2D eigenvalue weighted by molar-refractivity contribution is 5.81. The van der Waals surface area contributed by atoms with Gasteiger partial charge in [-0.1, -0.05) is 104 Å². The summed E-state index contributed by atoms with van der Waals surface area (Å²) in [6, 6.07) is 0. The van der Waals surface area contributed by atoms with Crippen LogP contribution in [0.15, 0.2) is 0 Å². The van der Waals surface area contributed by atoms with Crippen LogP contribution >= 0.6 is 0 Å². The van der Waals surface area contributed by atoms with Crippen LogP contribution < -0.4 is 0 Å². The quantitative estimate of drug-likeness (QED) is 0.270. The summed E-state index contributed by atoms with van der Waals surface area (Å²) in [5.74, 6) is 0.369. The van der Waals surface area contributed by atoms with Crippen molar-refractivity contribution in [1.29, 1.82) is 0 Å². The third-order valence-corrected chi connectivity index (χ3v) is 5.46. The van der Waals surface area contributed by atoms with E-state index in [-0.39, 0.29) is 5.41 Å². The van der Waals surface area contributed by atoms with Gasteiger partial charge < -0.3 is 0 Å². The number of hydrogen-bond donors (Lipinski definition) is 0. The van der Waals surface area contributed by atoms with E-state index in [9.17, 15) is 4.79 Å². The number of ketones is 1. The van der Waals surface area contributed by atoms with Gasteiger partial charge >= 0.3 is 0 Å². The molecule has 0 saturated heterocycles. The number of hydrogen-bond acceptors (Lipinski definition) is 1. The molecule has 132 valence electrons. The molecule has 0 aromatic rings. The molecule has 0 aliphatic carbocycles. The normalized spacial score (nSPS) is 14.0. The standard InChI is InChI=1S/C21H42O/c1-5-7-8-9-10-11-12-13-14-15-16-17-18-19-21(4,6-2)20(3)22/h5-19H2,1-4H3. The van der Waals surface area contributed by atoms with E-state index >= 15 is 0 Å². The van der Waals surface area contributed by atoms with Crippen LogP contribution in [0.4, 0.5) is 0 Å². The minimum absolute atomic E-state index is 0.0578. The lowest BCUT2D eigenvalue weighted by Gasteiger charge is -2.24. The first-order valence-corrected chi connectivity index (χ1v) is 10.1. The number of carbonyl (C=O) groups is 1. The van der Waals surface area contributed by atoms with Gasteiger partial charge in [-0.05, 0) is 19.8 Å². The predicted molar refractivity (Wildman–Crippen MR) is 99.4 cm³/mol. The summed E-state index contributed by atoms with van der Waals surface area (Å²) in [6.07, 6.45) is 20.1. The van der Waals surface area contributed by atoms with Gasteiger partial charge in [0.1, 0.15) is 5.78 Å². The van der Waals surface area contributed by atoms with Gasteiger partial charge in [0, 0.05) is 5.41 Å². The molecule has 0 aromatic heterocycles. The van der Waals surface area contributed by atoms with Crippen molar-refractivity contribution in [2.24, 2.45) is 5.41 Å². The summed E-state index contributed by atoms with van der Waals surface area (Å²) in [4.78, 5) is 11.6. The molecule has 0 bridgehead atoms. The van der Waals surface area contributed by atoms with Crippen molar-refractivity contribution in [3.63, 3.8) is 0 Å². The van der Waals surface area contributed by atoms with Gasteiger partial charge in [0.2, 0.25) is 0 Å². The lowest BCUT2D eigenvalue weighted by atomic mass is 9.79. The maximum Gasteiger partial charge on any atom is 0.135 e. The van der Waals surface area contributed by atoms with Gasteiger partial charge in [-0.15, -0.1) is 0 Å². The number of Topliss-reactive ketones (excluding diaryl/α,β-unsaturated/α-hetero) is 1. The van der Waals surface area contributed by atoms with Crippen LogP contribution in [0.2, 0.25) is 0 Å². The molecule has 0 heterocycles. The fourth-order valence-electron chi connectivity index (χ4n) is 3.13. The summed E-state index contributed by atoms with van der Waals surface area (Å²) in [5, 5.41) is 0. The monoisotopic (exact) mass is 310 g/mol. The Morgan fingerprint density at radius 2 is 1.05 bits per heavy atom. The predicted octanol–water partition coefficient (Wildman–Crippen LogP) is 7.47. The van der Waals surface area contributed by atoms with Gasteiger partial charge in [0.25, 0.3) is 0 Å². The second-order valence-corrected chi connectivity index (χ2v) is 7.46. The summed E-state index contributed by atoms with van der Waals surface area (Å²) >= 11 is 0. The van der Waals surface area contributed by atoms with Gasteiger partial charge in [-0.3, -0.25) is 4.79 Å². The van der Waals surface area contributed by atoms with E-state index in [0.29, 0.717) is 5.78 Å². The summed E-state index contributed by atoms with van der Waals surface area (Å²) in [6.45, 7) is 8.31. The van der Waals surface area contributed by atoms with E-state index in [1.165, 1.54) is 83.5 Å². The Morgan fingerprint density at radius 1 is 0.682 bits per heavy atom. The van der Waals surface area contributed by atoms with E-state index in [0.717, 1.165) is 12.8 Å². The molecule has 0 N–H and O–H groups in total. The molecule has 0 aromatic carbocycles. The molecule has 0 spiro atoms. The molecule has 0 radical (unpaired) electrons. The zero-order chi connectivity index (χ0) is 16.7. The molecular weight excluding hydrogens is 268 g/mol. The molecule has 1 unspecified atom stereocenters. The number of unbranched alkanes of at least 4 members (excludes halogenated alkanes) is 12. The van der Waals surface area contributed by atoms with Crippen molar-refractivity contribution in [2.75, 3.05) is 0 Å². The van der Waals surface area contributed by atoms with Crippen LogP contribution in [0, 0.1) is 5.41 Å². The Balaban J connectivity index is 3.29. The van der Waals surface area contributed by atoms with Crippen LogP contribution in [0.5, 0.6) is 0 Å². The highest BCUT2D eigenvalue weighted by Gasteiger charge is 2.26. The third kappa shape index (κ3) is 11.3. The van der Waals surface area contributed by atoms with E-state index in [2.05, 4.69) is 20.8 Å². The summed E-state index contributed by atoms with van der Waals surface area (Å²) in [5.41, 5.74) is -0.0578. The average Bonchev–Trinajstić information content (AvgIpc) is 2.51. The molecular formula is C21H42O. The Morgan fingerprint density at radius 3 is 1.36 bits per heavy atom.